The number of esters is 1. The highest BCUT2D eigenvalue weighted by molar-refractivity contribution is 7.91. The molecule has 1 aromatic rings. The van der Waals surface area contributed by atoms with Crippen molar-refractivity contribution in [3.63, 3.8) is 0 Å². The monoisotopic (exact) mass is 280 g/mol. The average molecular weight is 280 g/mol. The van der Waals surface area contributed by atoms with E-state index >= 15 is 0 Å². The highest BCUT2D eigenvalue weighted by atomic mass is 32.2. The number of rotatable bonds is 6. The van der Waals surface area contributed by atoms with Gasteiger partial charge in [0.15, 0.2) is 9.90 Å². The maximum atomic E-state index is 11.8. The van der Waals surface area contributed by atoms with Gasteiger partial charge in [0.2, 0.25) is 0 Å². The topological polar surface area (TPSA) is 94.6 Å². The predicted molar refractivity (Wildman–Crippen MR) is 60.5 cm³/mol. The molecule has 1 rings (SSSR count). The van der Waals surface area contributed by atoms with Crippen LogP contribution in [-0.4, -0.2) is 46.7 Å². The molecule has 1 heterocycles. The number of hydrogen-bond donors (Lipinski definition) is 1. The van der Waals surface area contributed by atoms with E-state index in [9.17, 15) is 13.2 Å². The lowest BCUT2D eigenvalue weighted by Gasteiger charge is -2.05. The molecule has 17 heavy (non-hydrogen) atoms. The fourth-order valence-electron chi connectivity index (χ4n) is 1.00. The van der Waals surface area contributed by atoms with Gasteiger partial charge >= 0.3 is 5.97 Å². The van der Waals surface area contributed by atoms with Crippen molar-refractivity contribution < 1.29 is 22.7 Å². The van der Waals surface area contributed by atoms with Gasteiger partial charge in [-0.3, -0.25) is 0 Å². The Morgan fingerprint density at radius 2 is 2.24 bits per heavy atom. The highest BCUT2D eigenvalue weighted by Gasteiger charge is 2.25. The number of ether oxygens (including phenoxy) is 2. The number of carbonyl (C=O) groups excluding carboxylic acids is 1. The lowest BCUT2D eigenvalue weighted by atomic mass is 10.5. The summed E-state index contributed by atoms with van der Waals surface area (Å²) < 4.78 is 34.9. The van der Waals surface area contributed by atoms with Gasteiger partial charge in [0.1, 0.15) is 0 Å². The van der Waals surface area contributed by atoms with E-state index in [1.165, 1.54) is 12.6 Å². The average Bonchev–Trinajstić information content (AvgIpc) is 2.78. The summed E-state index contributed by atoms with van der Waals surface area (Å²) in [7, 11) is -1.13. The molecule has 1 aromatic heterocycles. The molecule has 9 heteroatoms. The molecule has 0 atom stereocenters. The molecule has 0 saturated heterocycles. The number of carbonyl (C=O) groups is 1. The van der Waals surface area contributed by atoms with Gasteiger partial charge in [0, 0.05) is 13.7 Å². The van der Waals surface area contributed by atoms with Crippen LogP contribution in [0.3, 0.4) is 0 Å². The molecule has 1 N–H and O–H groups in total. The molecule has 0 bridgehead atoms. The first-order valence-electron chi connectivity index (χ1n) is 4.53. The number of nitrogens with zero attached hydrogens (tertiary/aromatic N) is 1. The fraction of sp³-hybridized carbons (Fsp3) is 0.500. The van der Waals surface area contributed by atoms with Crippen LogP contribution in [0.4, 0.5) is 0 Å². The first-order chi connectivity index (χ1) is 8.03. The third kappa shape index (κ3) is 3.46. The second kappa shape index (κ2) is 6.05. The second-order valence-corrected chi connectivity index (χ2v) is 5.69. The number of aromatic nitrogens is 1. The minimum absolute atomic E-state index is 0.122. The van der Waals surface area contributed by atoms with Crippen molar-refractivity contribution in [2.45, 2.75) is 4.21 Å². The Morgan fingerprint density at radius 1 is 1.53 bits per heavy atom. The molecule has 0 aliphatic heterocycles. The number of sulfonamides is 1. The van der Waals surface area contributed by atoms with Crippen molar-refractivity contribution in [1.29, 1.82) is 0 Å². The molecule has 0 unspecified atom stereocenters. The zero-order valence-electron chi connectivity index (χ0n) is 9.30. The maximum Gasteiger partial charge on any atom is 0.358 e. The molecule has 0 fully saturated rings. The molecule has 7 nitrogen and oxygen atoms in total. The molecule has 0 aromatic carbocycles. The van der Waals surface area contributed by atoms with Crippen molar-refractivity contribution in [2.75, 3.05) is 27.4 Å². The Labute approximate surface area is 103 Å². The van der Waals surface area contributed by atoms with E-state index < -0.39 is 16.0 Å². The first-order valence-corrected chi connectivity index (χ1v) is 6.89. The lowest BCUT2D eigenvalue weighted by molar-refractivity contribution is 0.0590. The smallest absolute Gasteiger partial charge is 0.358 e. The van der Waals surface area contributed by atoms with Gasteiger partial charge in [0.25, 0.3) is 10.0 Å². The minimum atomic E-state index is -3.75. The van der Waals surface area contributed by atoms with Gasteiger partial charge in [-0.1, -0.05) is 0 Å². The number of thiazole rings is 1. The fourth-order valence-corrected chi connectivity index (χ4v) is 3.19. The normalized spacial score (nSPS) is 11.4. The van der Waals surface area contributed by atoms with Crippen LogP contribution in [0.25, 0.3) is 0 Å². The van der Waals surface area contributed by atoms with Gasteiger partial charge in [-0.25, -0.2) is 22.9 Å². The van der Waals surface area contributed by atoms with Crippen molar-refractivity contribution in [3.8, 4) is 0 Å². The van der Waals surface area contributed by atoms with Crippen LogP contribution in [0, 0.1) is 0 Å². The predicted octanol–water partition coefficient (Wildman–Crippen LogP) is -0.146. The molecular formula is C8H12N2O5S2. The van der Waals surface area contributed by atoms with Crippen LogP contribution < -0.4 is 4.72 Å². The Hall–Kier alpha value is -1.03. The Bertz CT molecular complexity index is 482. The number of methoxy groups -OCH3 is 2. The molecular weight excluding hydrogens is 268 g/mol. The summed E-state index contributed by atoms with van der Waals surface area (Å²) in [6, 6.07) is 0. The quantitative estimate of drug-likeness (QED) is 0.575. The van der Waals surface area contributed by atoms with E-state index in [1.54, 1.807) is 0 Å². The van der Waals surface area contributed by atoms with Gasteiger partial charge in [-0.2, -0.15) is 0 Å². The van der Waals surface area contributed by atoms with Crippen LogP contribution in [0.15, 0.2) is 9.72 Å². The highest BCUT2D eigenvalue weighted by Crippen LogP contribution is 2.20. The third-order valence-electron chi connectivity index (χ3n) is 1.76. The summed E-state index contributed by atoms with van der Waals surface area (Å²) in [5, 5.41) is 0. The van der Waals surface area contributed by atoms with Crippen LogP contribution in [0.5, 0.6) is 0 Å². The van der Waals surface area contributed by atoms with Crippen LogP contribution in [0.2, 0.25) is 0 Å². The molecule has 0 saturated carbocycles. The SMILES string of the molecule is COCCNS(=O)(=O)c1scnc1C(=O)OC. The summed E-state index contributed by atoms with van der Waals surface area (Å²) in [5.41, 5.74) is 1.07. The third-order valence-corrected chi connectivity index (χ3v) is 4.59. The summed E-state index contributed by atoms with van der Waals surface area (Å²) in [5.74, 6) is -0.779. The first kappa shape index (κ1) is 14.0. The van der Waals surface area contributed by atoms with E-state index in [0.29, 0.717) is 0 Å². The van der Waals surface area contributed by atoms with Crippen LogP contribution in [-0.2, 0) is 19.5 Å². The van der Waals surface area contributed by atoms with Gasteiger partial charge < -0.3 is 9.47 Å². The molecule has 0 radical (unpaired) electrons. The van der Waals surface area contributed by atoms with E-state index in [4.69, 9.17) is 4.74 Å². The van der Waals surface area contributed by atoms with E-state index in [1.807, 2.05) is 0 Å². The number of nitrogens with one attached hydrogen (secondary N) is 1. The Balaban J connectivity index is 2.92. The van der Waals surface area contributed by atoms with Gasteiger partial charge in [-0.15, -0.1) is 11.3 Å². The molecule has 96 valence electrons. The summed E-state index contributed by atoms with van der Waals surface area (Å²) in [4.78, 5) is 15.0. The van der Waals surface area contributed by atoms with E-state index in [-0.39, 0.29) is 23.1 Å². The molecule has 0 spiro atoms. The largest absolute Gasteiger partial charge is 0.464 e. The standard InChI is InChI=1S/C8H12N2O5S2/c1-14-4-3-10-17(12,13)8-6(7(11)15-2)9-5-16-8/h5,10H,3-4H2,1-2H3. The summed E-state index contributed by atoms with van der Waals surface area (Å²) >= 11 is 0.855. The van der Waals surface area contributed by atoms with E-state index in [2.05, 4.69) is 14.4 Å². The van der Waals surface area contributed by atoms with Crippen LogP contribution in [0.1, 0.15) is 10.5 Å². The van der Waals surface area contributed by atoms with Gasteiger partial charge in [-0.05, 0) is 0 Å². The lowest BCUT2D eigenvalue weighted by Crippen LogP contribution is -2.28. The van der Waals surface area contributed by atoms with Gasteiger partial charge in [0.05, 0.1) is 19.2 Å². The Kier molecular flexibility index (Phi) is 5.00. The van der Waals surface area contributed by atoms with Crippen molar-refractivity contribution in [3.05, 3.63) is 11.2 Å². The molecule has 0 amide bonds. The van der Waals surface area contributed by atoms with Crippen LogP contribution >= 0.6 is 11.3 Å². The van der Waals surface area contributed by atoms with Crippen molar-refractivity contribution >= 4 is 27.3 Å². The molecule has 0 aliphatic rings. The number of hydrogen-bond acceptors (Lipinski definition) is 7. The van der Waals surface area contributed by atoms with Crippen molar-refractivity contribution in [2.24, 2.45) is 0 Å². The zero-order valence-corrected chi connectivity index (χ0v) is 10.9. The zero-order chi connectivity index (χ0) is 12.9. The second-order valence-electron chi connectivity index (χ2n) is 2.87. The molecule has 0 aliphatic carbocycles. The minimum Gasteiger partial charge on any atom is -0.464 e. The summed E-state index contributed by atoms with van der Waals surface area (Å²) in [6.45, 7) is 0.364. The summed E-state index contributed by atoms with van der Waals surface area (Å²) in [6.07, 6.45) is 0. The Morgan fingerprint density at radius 3 is 2.82 bits per heavy atom. The maximum absolute atomic E-state index is 11.8. The van der Waals surface area contributed by atoms with E-state index in [0.717, 1.165) is 18.4 Å². The van der Waals surface area contributed by atoms with Crippen molar-refractivity contribution in [1.82, 2.24) is 9.71 Å².